The average Bonchev–Trinajstić information content (AvgIpc) is 3.18. The second-order valence-electron chi connectivity index (χ2n) is 7.11. The Morgan fingerprint density at radius 2 is 1.96 bits per heavy atom. The Kier molecular flexibility index (Phi) is 5.08. The lowest BCUT2D eigenvalue weighted by Crippen LogP contribution is -2.48. The van der Waals surface area contributed by atoms with Crippen LogP contribution >= 0.6 is 27.3 Å². The molecule has 2 aliphatic heterocycles. The molecule has 0 unspecified atom stereocenters. The molecule has 2 aromatic rings. The Morgan fingerprint density at radius 3 is 2.65 bits per heavy atom. The van der Waals surface area contributed by atoms with Gasteiger partial charge in [0, 0.05) is 49.1 Å². The molecule has 4 rings (SSSR count). The second-order valence-corrected chi connectivity index (χ2v) is 9.66. The van der Waals surface area contributed by atoms with Gasteiger partial charge in [0.1, 0.15) is 11.9 Å². The number of hydrogen-bond donors (Lipinski definition) is 0. The quantitative estimate of drug-likeness (QED) is 0.719. The molecule has 0 N–H and O–H groups in total. The van der Waals surface area contributed by atoms with Crippen molar-refractivity contribution in [1.82, 2.24) is 9.80 Å². The van der Waals surface area contributed by atoms with E-state index in [1.165, 1.54) is 8.66 Å². The van der Waals surface area contributed by atoms with Crippen LogP contribution in [0.15, 0.2) is 34.1 Å². The van der Waals surface area contributed by atoms with Gasteiger partial charge in [0.2, 0.25) is 0 Å². The van der Waals surface area contributed by atoms with Crippen LogP contribution in [0.3, 0.4) is 0 Å². The number of thiophene rings is 1. The van der Waals surface area contributed by atoms with E-state index in [1.807, 2.05) is 17.0 Å². The number of carbonyl (C=O) groups is 1. The van der Waals surface area contributed by atoms with E-state index >= 15 is 0 Å². The Bertz CT molecular complexity index is 814. The number of carbonyl (C=O) groups excluding carboxylic acids is 1. The number of para-hydroxylation sites is 1. The smallest absolute Gasteiger partial charge is 0.257 e. The summed E-state index contributed by atoms with van der Waals surface area (Å²) in [6.45, 7) is 8.53. The molecule has 1 fully saturated rings. The van der Waals surface area contributed by atoms with Gasteiger partial charge < -0.3 is 9.64 Å². The Labute approximate surface area is 166 Å². The van der Waals surface area contributed by atoms with Gasteiger partial charge in [-0.25, -0.2) is 0 Å². The summed E-state index contributed by atoms with van der Waals surface area (Å²) in [4.78, 5) is 18.8. The van der Waals surface area contributed by atoms with Crippen molar-refractivity contribution in [2.75, 3.05) is 26.2 Å². The van der Waals surface area contributed by atoms with E-state index in [9.17, 15) is 4.79 Å². The molecule has 2 aliphatic rings. The summed E-state index contributed by atoms with van der Waals surface area (Å²) in [6, 6.07) is 10.2. The van der Waals surface area contributed by atoms with E-state index in [4.69, 9.17) is 4.74 Å². The second kappa shape index (κ2) is 7.33. The van der Waals surface area contributed by atoms with E-state index < -0.39 is 0 Å². The van der Waals surface area contributed by atoms with E-state index in [0.29, 0.717) is 11.5 Å². The maximum Gasteiger partial charge on any atom is 0.257 e. The zero-order chi connectivity index (χ0) is 18.3. The van der Waals surface area contributed by atoms with Crippen LogP contribution in [-0.4, -0.2) is 48.0 Å². The molecule has 1 saturated heterocycles. The third-order valence-corrected chi connectivity index (χ3v) is 7.05. The van der Waals surface area contributed by atoms with Gasteiger partial charge in [-0.1, -0.05) is 19.1 Å². The molecular weight excluding hydrogens is 412 g/mol. The zero-order valence-electron chi connectivity index (χ0n) is 15.1. The number of hydrogen-bond acceptors (Lipinski definition) is 4. The van der Waals surface area contributed by atoms with Crippen molar-refractivity contribution in [1.29, 1.82) is 0 Å². The highest BCUT2D eigenvalue weighted by Crippen LogP contribution is 2.40. The number of ether oxygens (including phenoxy) is 1. The van der Waals surface area contributed by atoms with Crippen LogP contribution in [0.5, 0.6) is 5.75 Å². The molecule has 2 atom stereocenters. The fourth-order valence-electron chi connectivity index (χ4n) is 3.69. The fourth-order valence-corrected chi connectivity index (χ4v) is 5.22. The lowest BCUT2D eigenvalue weighted by atomic mass is 9.96. The third kappa shape index (κ3) is 3.42. The highest BCUT2D eigenvalue weighted by molar-refractivity contribution is 9.11. The minimum Gasteiger partial charge on any atom is -0.489 e. The minimum atomic E-state index is 0.0988. The number of fused-ring (bicyclic) bond motifs is 1. The Hall–Kier alpha value is -1.37. The van der Waals surface area contributed by atoms with Crippen molar-refractivity contribution in [3.05, 3.63) is 50.1 Å². The first-order valence-corrected chi connectivity index (χ1v) is 10.7. The monoisotopic (exact) mass is 434 g/mol. The van der Waals surface area contributed by atoms with Gasteiger partial charge in [-0.15, -0.1) is 11.3 Å². The lowest BCUT2D eigenvalue weighted by Gasteiger charge is -2.34. The maximum absolute atomic E-state index is 13.1. The molecule has 26 heavy (non-hydrogen) atoms. The molecular formula is C20H23BrN2O2S. The molecule has 138 valence electrons. The van der Waals surface area contributed by atoms with Crippen molar-refractivity contribution >= 4 is 33.2 Å². The summed E-state index contributed by atoms with van der Waals surface area (Å²) < 4.78 is 7.17. The summed E-state index contributed by atoms with van der Waals surface area (Å²) in [5, 5.41) is 0. The van der Waals surface area contributed by atoms with Crippen LogP contribution in [0.2, 0.25) is 0 Å². The fraction of sp³-hybridized carbons (Fsp3) is 0.450. The van der Waals surface area contributed by atoms with E-state index in [-0.39, 0.29) is 12.0 Å². The largest absolute Gasteiger partial charge is 0.489 e. The molecule has 1 amide bonds. The van der Waals surface area contributed by atoms with Gasteiger partial charge in [-0.2, -0.15) is 0 Å². The van der Waals surface area contributed by atoms with Gasteiger partial charge in [0.15, 0.2) is 0 Å². The summed E-state index contributed by atoms with van der Waals surface area (Å²) in [5.74, 6) is 1.23. The number of piperazine rings is 1. The van der Waals surface area contributed by atoms with Gasteiger partial charge in [-0.3, -0.25) is 9.69 Å². The zero-order valence-corrected chi connectivity index (χ0v) is 17.5. The van der Waals surface area contributed by atoms with E-state index in [2.05, 4.69) is 52.9 Å². The SMILES string of the molecule is C[C@@H]1Oc2c(C(=O)N3CCN(Cc4ccc(Br)s4)CC3)cccc2[C@H]1C. The average molecular weight is 435 g/mol. The first kappa shape index (κ1) is 18.0. The molecule has 0 aliphatic carbocycles. The van der Waals surface area contributed by atoms with Gasteiger partial charge >= 0.3 is 0 Å². The molecule has 1 aromatic heterocycles. The van der Waals surface area contributed by atoms with Gasteiger partial charge in [-0.05, 0) is 41.1 Å². The highest BCUT2D eigenvalue weighted by atomic mass is 79.9. The molecule has 0 radical (unpaired) electrons. The standard InChI is InChI=1S/C20H23BrN2O2S/c1-13-14(2)25-19-16(13)4-3-5-17(19)20(24)23-10-8-22(9-11-23)12-15-6-7-18(21)26-15/h3-7,13-14H,8-12H2,1-2H3/t13-,14-/m0/s1. The summed E-state index contributed by atoms with van der Waals surface area (Å²) in [5.41, 5.74) is 1.87. The topological polar surface area (TPSA) is 32.8 Å². The molecule has 6 heteroatoms. The van der Waals surface area contributed by atoms with Gasteiger partial charge in [0.25, 0.3) is 5.91 Å². The molecule has 0 bridgehead atoms. The van der Waals surface area contributed by atoms with E-state index in [0.717, 1.165) is 44.0 Å². The predicted molar refractivity (Wildman–Crippen MR) is 108 cm³/mol. The van der Waals surface area contributed by atoms with Crippen LogP contribution in [0.25, 0.3) is 0 Å². The van der Waals surface area contributed by atoms with Crippen LogP contribution in [0.4, 0.5) is 0 Å². The van der Waals surface area contributed by atoms with Gasteiger partial charge in [0.05, 0.1) is 9.35 Å². The third-order valence-electron chi connectivity index (χ3n) is 5.44. The number of halogens is 1. The van der Waals surface area contributed by atoms with Crippen LogP contribution in [-0.2, 0) is 6.54 Å². The first-order valence-electron chi connectivity index (χ1n) is 9.08. The van der Waals surface area contributed by atoms with Crippen molar-refractivity contribution in [2.45, 2.75) is 32.4 Å². The number of nitrogens with zero attached hydrogens (tertiary/aromatic N) is 2. The Morgan fingerprint density at radius 1 is 1.19 bits per heavy atom. The van der Waals surface area contributed by atoms with Crippen LogP contribution in [0, 0.1) is 0 Å². The highest BCUT2D eigenvalue weighted by Gasteiger charge is 2.33. The molecule has 1 aromatic carbocycles. The maximum atomic E-state index is 13.1. The van der Waals surface area contributed by atoms with Crippen molar-refractivity contribution in [3.63, 3.8) is 0 Å². The first-order chi connectivity index (χ1) is 12.5. The number of benzene rings is 1. The number of rotatable bonds is 3. The lowest BCUT2D eigenvalue weighted by molar-refractivity contribution is 0.0625. The summed E-state index contributed by atoms with van der Waals surface area (Å²) in [7, 11) is 0. The molecule has 0 spiro atoms. The Balaban J connectivity index is 1.42. The van der Waals surface area contributed by atoms with Crippen molar-refractivity contribution < 1.29 is 9.53 Å². The predicted octanol–water partition coefficient (Wildman–Crippen LogP) is 4.35. The number of amides is 1. The molecule has 0 saturated carbocycles. The summed E-state index contributed by atoms with van der Waals surface area (Å²) >= 11 is 5.30. The minimum absolute atomic E-state index is 0.0988. The van der Waals surface area contributed by atoms with Crippen LogP contribution < -0.4 is 4.74 Å². The normalized spacial score (nSPS) is 23.0. The van der Waals surface area contributed by atoms with Crippen molar-refractivity contribution in [2.24, 2.45) is 0 Å². The molecule has 3 heterocycles. The summed E-state index contributed by atoms with van der Waals surface area (Å²) in [6.07, 6.45) is 0.126. The van der Waals surface area contributed by atoms with Crippen LogP contribution in [0.1, 0.15) is 40.6 Å². The molecule has 4 nitrogen and oxygen atoms in total. The van der Waals surface area contributed by atoms with Crippen molar-refractivity contribution in [3.8, 4) is 5.75 Å². The van der Waals surface area contributed by atoms with E-state index in [1.54, 1.807) is 11.3 Å².